The van der Waals surface area contributed by atoms with Crippen LogP contribution in [-0.2, 0) is 19.6 Å². The average Bonchev–Trinajstić information content (AvgIpc) is 3.15. The summed E-state index contributed by atoms with van der Waals surface area (Å²) in [6, 6.07) is 9.47. The van der Waals surface area contributed by atoms with Crippen LogP contribution in [0.4, 0.5) is 0 Å². The maximum Gasteiger partial charge on any atom is 0.243 e. The summed E-state index contributed by atoms with van der Waals surface area (Å²) in [5, 5.41) is 3.28. The lowest BCUT2D eigenvalue weighted by atomic mass is 10.1. The Bertz CT molecular complexity index is 955. The second-order valence-corrected chi connectivity index (χ2v) is 9.61. The summed E-state index contributed by atoms with van der Waals surface area (Å²) in [5.74, 6) is 1.16. The van der Waals surface area contributed by atoms with Crippen molar-refractivity contribution in [3.8, 4) is 0 Å². The number of benzene rings is 1. The molecule has 0 radical (unpaired) electrons. The standard InChI is InChI=1S/C20H26ClN3O5S/c1-15-3-8-19(29-15)18(24-9-11-28-12-10-24)13-22-20(25)14-23(2)30(26,27)17-6-4-16(21)5-7-17/h3-8,18H,9-14H2,1-2H3,(H,22,25). The molecule has 10 heteroatoms. The first-order valence-electron chi connectivity index (χ1n) is 9.64. The van der Waals surface area contributed by atoms with E-state index in [4.69, 9.17) is 20.8 Å². The number of aryl methyl sites for hydroxylation is 1. The van der Waals surface area contributed by atoms with Gasteiger partial charge in [-0.3, -0.25) is 9.69 Å². The lowest BCUT2D eigenvalue weighted by Gasteiger charge is -2.33. The Hall–Kier alpha value is -1.91. The first kappa shape index (κ1) is 22.8. The normalized spacial score (nSPS) is 16.5. The number of nitrogens with one attached hydrogen (secondary N) is 1. The third kappa shape index (κ3) is 5.61. The van der Waals surface area contributed by atoms with Gasteiger partial charge in [0.2, 0.25) is 15.9 Å². The molecule has 1 saturated heterocycles. The summed E-state index contributed by atoms with van der Waals surface area (Å²) in [6.45, 7) is 4.57. The number of carbonyl (C=O) groups is 1. The van der Waals surface area contributed by atoms with Gasteiger partial charge in [0.25, 0.3) is 0 Å². The second kappa shape index (κ2) is 9.93. The highest BCUT2D eigenvalue weighted by Crippen LogP contribution is 2.23. The summed E-state index contributed by atoms with van der Waals surface area (Å²) in [4.78, 5) is 14.8. The third-order valence-corrected chi connectivity index (χ3v) is 7.03. The highest BCUT2D eigenvalue weighted by Gasteiger charge is 2.27. The monoisotopic (exact) mass is 455 g/mol. The molecule has 1 aromatic heterocycles. The van der Waals surface area contributed by atoms with Crippen LogP contribution in [0.5, 0.6) is 0 Å². The van der Waals surface area contributed by atoms with Gasteiger partial charge in [0.05, 0.1) is 30.7 Å². The molecule has 0 saturated carbocycles. The number of ether oxygens (including phenoxy) is 1. The maximum absolute atomic E-state index is 12.7. The van der Waals surface area contributed by atoms with Crippen LogP contribution >= 0.6 is 11.6 Å². The summed E-state index contributed by atoms with van der Waals surface area (Å²) in [7, 11) is -2.42. The van der Waals surface area contributed by atoms with Crippen molar-refractivity contribution in [3.05, 3.63) is 52.9 Å². The van der Waals surface area contributed by atoms with E-state index >= 15 is 0 Å². The molecule has 1 aliphatic rings. The molecular weight excluding hydrogens is 430 g/mol. The summed E-state index contributed by atoms with van der Waals surface area (Å²) < 4.78 is 37.5. The molecule has 0 bridgehead atoms. The number of amides is 1. The quantitative estimate of drug-likeness (QED) is 0.655. The Kier molecular flexibility index (Phi) is 7.54. The predicted molar refractivity (Wildman–Crippen MR) is 113 cm³/mol. The summed E-state index contributed by atoms with van der Waals surface area (Å²) in [6.07, 6.45) is 0. The molecule has 2 aromatic rings. The number of sulfonamides is 1. The number of hydrogen-bond donors (Lipinski definition) is 1. The van der Waals surface area contributed by atoms with Gasteiger partial charge in [0.15, 0.2) is 0 Å². The Balaban J connectivity index is 1.62. The molecule has 2 heterocycles. The zero-order chi connectivity index (χ0) is 21.7. The van der Waals surface area contributed by atoms with E-state index in [9.17, 15) is 13.2 Å². The Morgan fingerprint density at radius 3 is 2.47 bits per heavy atom. The van der Waals surface area contributed by atoms with Gasteiger partial charge < -0.3 is 14.5 Å². The van der Waals surface area contributed by atoms with Crippen LogP contribution in [0.25, 0.3) is 0 Å². The van der Waals surface area contributed by atoms with E-state index in [0.717, 1.165) is 28.9 Å². The van der Waals surface area contributed by atoms with Crippen LogP contribution in [-0.4, -0.2) is 70.0 Å². The fraction of sp³-hybridized carbons (Fsp3) is 0.450. The number of likely N-dealkylation sites (N-methyl/N-ethyl adjacent to an activating group) is 1. The predicted octanol–water partition coefficient (Wildman–Crippen LogP) is 2.05. The van der Waals surface area contributed by atoms with E-state index in [0.29, 0.717) is 24.8 Å². The van der Waals surface area contributed by atoms with E-state index in [2.05, 4.69) is 10.2 Å². The van der Waals surface area contributed by atoms with Gasteiger partial charge in [-0.05, 0) is 43.3 Å². The zero-order valence-electron chi connectivity index (χ0n) is 17.0. The van der Waals surface area contributed by atoms with E-state index < -0.39 is 15.9 Å². The highest BCUT2D eigenvalue weighted by atomic mass is 35.5. The smallest absolute Gasteiger partial charge is 0.243 e. The molecule has 164 valence electrons. The molecule has 8 nitrogen and oxygen atoms in total. The molecule has 0 spiro atoms. The van der Waals surface area contributed by atoms with Crippen LogP contribution in [0.15, 0.2) is 45.7 Å². The molecule has 1 aromatic carbocycles. The van der Waals surface area contributed by atoms with Crippen molar-refractivity contribution in [2.24, 2.45) is 0 Å². The van der Waals surface area contributed by atoms with Crippen LogP contribution in [0.1, 0.15) is 17.6 Å². The van der Waals surface area contributed by atoms with Crippen molar-refractivity contribution in [3.63, 3.8) is 0 Å². The van der Waals surface area contributed by atoms with Crippen molar-refractivity contribution in [2.75, 3.05) is 46.4 Å². The molecular formula is C20H26ClN3O5S. The molecule has 30 heavy (non-hydrogen) atoms. The van der Waals surface area contributed by atoms with E-state index in [1.165, 1.54) is 31.3 Å². The van der Waals surface area contributed by atoms with Crippen LogP contribution in [0.3, 0.4) is 0 Å². The number of halogens is 1. The minimum absolute atomic E-state index is 0.0828. The van der Waals surface area contributed by atoms with Crippen molar-refractivity contribution >= 4 is 27.5 Å². The largest absolute Gasteiger partial charge is 0.465 e. The minimum atomic E-state index is -3.79. The molecule has 1 unspecified atom stereocenters. The van der Waals surface area contributed by atoms with Crippen molar-refractivity contribution in [1.82, 2.24) is 14.5 Å². The Labute approximate surface area is 181 Å². The van der Waals surface area contributed by atoms with Gasteiger partial charge in [0, 0.05) is 31.7 Å². The van der Waals surface area contributed by atoms with Crippen molar-refractivity contribution < 1.29 is 22.4 Å². The van der Waals surface area contributed by atoms with Gasteiger partial charge >= 0.3 is 0 Å². The first-order chi connectivity index (χ1) is 14.3. The van der Waals surface area contributed by atoms with Crippen molar-refractivity contribution in [2.45, 2.75) is 17.9 Å². The fourth-order valence-corrected chi connectivity index (χ4v) is 4.52. The summed E-state index contributed by atoms with van der Waals surface area (Å²) in [5.41, 5.74) is 0. The molecule has 1 N–H and O–H groups in total. The lowest BCUT2D eigenvalue weighted by molar-refractivity contribution is -0.121. The Morgan fingerprint density at radius 1 is 1.20 bits per heavy atom. The number of carbonyl (C=O) groups excluding carboxylic acids is 1. The van der Waals surface area contributed by atoms with Gasteiger partial charge in [-0.2, -0.15) is 4.31 Å². The molecule has 0 aliphatic carbocycles. The summed E-state index contributed by atoms with van der Waals surface area (Å²) >= 11 is 5.82. The fourth-order valence-electron chi connectivity index (χ4n) is 3.27. The van der Waals surface area contributed by atoms with Gasteiger partial charge in [-0.15, -0.1) is 0 Å². The van der Waals surface area contributed by atoms with E-state index in [1.54, 1.807) is 0 Å². The third-order valence-electron chi connectivity index (χ3n) is 4.96. The highest BCUT2D eigenvalue weighted by molar-refractivity contribution is 7.89. The second-order valence-electron chi connectivity index (χ2n) is 7.13. The van der Waals surface area contributed by atoms with Crippen LogP contribution in [0.2, 0.25) is 5.02 Å². The minimum Gasteiger partial charge on any atom is -0.465 e. The molecule has 1 amide bonds. The van der Waals surface area contributed by atoms with Gasteiger partial charge in [-0.1, -0.05) is 11.6 Å². The number of furan rings is 1. The average molecular weight is 456 g/mol. The first-order valence-corrected chi connectivity index (χ1v) is 11.5. The molecule has 1 atom stereocenters. The molecule has 1 fully saturated rings. The number of hydrogen-bond acceptors (Lipinski definition) is 6. The van der Waals surface area contributed by atoms with Crippen LogP contribution < -0.4 is 5.32 Å². The lowest BCUT2D eigenvalue weighted by Crippen LogP contribution is -2.45. The molecule has 3 rings (SSSR count). The Morgan fingerprint density at radius 2 is 1.87 bits per heavy atom. The topological polar surface area (TPSA) is 92.1 Å². The number of rotatable bonds is 8. The van der Waals surface area contributed by atoms with Crippen LogP contribution in [0, 0.1) is 6.92 Å². The maximum atomic E-state index is 12.7. The molecule has 1 aliphatic heterocycles. The van der Waals surface area contributed by atoms with Gasteiger partial charge in [-0.25, -0.2) is 8.42 Å². The SMILES string of the molecule is Cc1ccc(C(CNC(=O)CN(C)S(=O)(=O)c2ccc(Cl)cc2)N2CCOCC2)o1. The van der Waals surface area contributed by atoms with E-state index in [-0.39, 0.29) is 17.5 Å². The number of nitrogens with zero attached hydrogens (tertiary/aromatic N) is 2. The van der Waals surface area contributed by atoms with E-state index in [1.807, 2.05) is 19.1 Å². The number of morpholine rings is 1. The van der Waals surface area contributed by atoms with Crippen molar-refractivity contribution in [1.29, 1.82) is 0 Å². The van der Waals surface area contributed by atoms with Gasteiger partial charge in [0.1, 0.15) is 11.5 Å². The zero-order valence-corrected chi connectivity index (χ0v) is 18.6.